The fourth-order valence-corrected chi connectivity index (χ4v) is 4.76. The normalized spacial score (nSPS) is 22.9. The SMILES string of the molecule is O=C(c1ccccc1)[C@H]1CN(Cc2ccccc2)C[C@@H]1C(=O)N1CCC(CO)CC1. The molecule has 2 atom stereocenters. The first-order chi connectivity index (χ1) is 14.7. The van der Waals surface area contributed by atoms with Gasteiger partial charge < -0.3 is 10.0 Å². The van der Waals surface area contributed by atoms with E-state index in [4.69, 9.17) is 0 Å². The zero-order valence-corrected chi connectivity index (χ0v) is 17.3. The van der Waals surface area contributed by atoms with Gasteiger partial charge in [-0.1, -0.05) is 60.7 Å². The standard InChI is InChI=1S/C25H30N2O3/c28-18-20-11-13-27(14-12-20)25(30)23-17-26(15-19-7-3-1-4-8-19)16-22(23)24(29)21-9-5-2-6-10-21/h1-10,20,22-23,28H,11-18H2/t22-,23-/m0/s1. The summed E-state index contributed by atoms with van der Waals surface area (Å²) >= 11 is 0. The van der Waals surface area contributed by atoms with Crippen molar-refractivity contribution in [3.8, 4) is 0 Å². The lowest BCUT2D eigenvalue weighted by atomic mass is 9.86. The summed E-state index contributed by atoms with van der Waals surface area (Å²) in [5.41, 5.74) is 1.88. The highest BCUT2D eigenvalue weighted by Crippen LogP contribution is 2.31. The summed E-state index contributed by atoms with van der Waals surface area (Å²) in [7, 11) is 0. The van der Waals surface area contributed by atoms with Crippen LogP contribution in [0, 0.1) is 17.8 Å². The van der Waals surface area contributed by atoms with Crippen molar-refractivity contribution in [2.24, 2.45) is 17.8 Å². The lowest BCUT2D eigenvalue weighted by Crippen LogP contribution is -2.45. The number of benzene rings is 2. The summed E-state index contributed by atoms with van der Waals surface area (Å²) in [4.78, 5) is 30.9. The fraction of sp³-hybridized carbons (Fsp3) is 0.440. The van der Waals surface area contributed by atoms with Crippen LogP contribution in [0.1, 0.15) is 28.8 Å². The number of piperidine rings is 1. The summed E-state index contributed by atoms with van der Waals surface area (Å²) in [5, 5.41) is 9.39. The molecule has 2 saturated heterocycles. The minimum atomic E-state index is -0.320. The van der Waals surface area contributed by atoms with Gasteiger partial charge >= 0.3 is 0 Å². The van der Waals surface area contributed by atoms with Gasteiger partial charge in [0.05, 0.1) is 5.92 Å². The maximum Gasteiger partial charge on any atom is 0.227 e. The molecule has 0 saturated carbocycles. The smallest absolute Gasteiger partial charge is 0.227 e. The number of hydrogen-bond donors (Lipinski definition) is 1. The number of rotatable bonds is 6. The van der Waals surface area contributed by atoms with Crippen LogP contribution in [0.3, 0.4) is 0 Å². The lowest BCUT2D eigenvalue weighted by molar-refractivity contribution is -0.137. The zero-order valence-electron chi connectivity index (χ0n) is 17.3. The highest BCUT2D eigenvalue weighted by molar-refractivity contribution is 6.01. The van der Waals surface area contributed by atoms with E-state index in [1.54, 1.807) is 0 Å². The average Bonchev–Trinajstić information content (AvgIpc) is 3.23. The van der Waals surface area contributed by atoms with Crippen LogP contribution < -0.4 is 0 Å². The second kappa shape index (κ2) is 9.54. The lowest BCUT2D eigenvalue weighted by Gasteiger charge is -2.33. The highest BCUT2D eigenvalue weighted by Gasteiger charge is 2.43. The molecule has 1 N–H and O–H groups in total. The van der Waals surface area contributed by atoms with Gasteiger partial charge in [0.1, 0.15) is 0 Å². The molecule has 0 bridgehead atoms. The minimum absolute atomic E-state index is 0.0646. The zero-order chi connectivity index (χ0) is 20.9. The molecule has 2 heterocycles. The van der Waals surface area contributed by atoms with E-state index < -0.39 is 0 Å². The Morgan fingerprint density at radius 1 is 0.867 bits per heavy atom. The summed E-state index contributed by atoms with van der Waals surface area (Å²) in [6, 6.07) is 19.6. The Balaban J connectivity index is 1.51. The van der Waals surface area contributed by atoms with Gasteiger partial charge in [-0.05, 0) is 24.3 Å². The molecule has 2 aromatic carbocycles. The predicted octanol–water partition coefficient (Wildman–Crippen LogP) is 2.85. The van der Waals surface area contributed by atoms with E-state index in [0.29, 0.717) is 31.7 Å². The van der Waals surface area contributed by atoms with Crippen LogP contribution in [-0.2, 0) is 11.3 Å². The van der Waals surface area contributed by atoms with Gasteiger partial charge in [-0.25, -0.2) is 0 Å². The summed E-state index contributed by atoms with van der Waals surface area (Å²) < 4.78 is 0. The topological polar surface area (TPSA) is 60.9 Å². The van der Waals surface area contributed by atoms with E-state index >= 15 is 0 Å². The van der Waals surface area contributed by atoms with Crippen molar-refractivity contribution in [2.45, 2.75) is 19.4 Å². The number of carbonyl (C=O) groups excluding carboxylic acids is 2. The number of amides is 1. The fourth-order valence-electron chi connectivity index (χ4n) is 4.76. The summed E-state index contributed by atoms with van der Waals surface area (Å²) in [6.45, 7) is 3.49. The summed E-state index contributed by atoms with van der Waals surface area (Å²) in [6.07, 6.45) is 1.67. The van der Waals surface area contributed by atoms with Crippen molar-refractivity contribution >= 4 is 11.7 Å². The second-order valence-corrected chi connectivity index (χ2v) is 8.57. The van der Waals surface area contributed by atoms with Crippen LogP contribution in [0.15, 0.2) is 60.7 Å². The molecule has 2 aliphatic heterocycles. The molecule has 5 heteroatoms. The van der Waals surface area contributed by atoms with Gasteiger partial charge in [0.25, 0.3) is 0 Å². The van der Waals surface area contributed by atoms with Crippen molar-refractivity contribution in [1.82, 2.24) is 9.80 Å². The third-order valence-electron chi connectivity index (χ3n) is 6.54. The van der Waals surface area contributed by atoms with Crippen molar-refractivity contribution < 1.29 is 14.7 Å². The Morgan fingerprint density at radius 2 is 1.47 bits per heavy atom. The van der Waals surface area contributed by atoms with Gasteiger partial charge in [-0.2, -0.15) is 0 Å². The Labute approximate surface area is 178 Å². The first-order valence-corrected chi connectivity index (χ1v) is 10.9. The number of aliphatic hydroxyl groups excluding tert-OH is 1. The highest BCUT2D eigenvalue weighted by atomic mass is 16.3. The van der Waals surface area contributed by atoms with Crippen LogP contribution in [0.5, 0.6) is 0 Å². The van der Waals surface area contributed by atoms with Crippen molar-refractivity contribution in [3.05, 3.63) is 71.8 Å². The predicted molar refractivity (Wildman–Crippen MR) is 116 cm³/mol. The molecule has 5 nitrogen and oxygen atoms in total. The molecule has 2 aliphatic rings. The van der Waals surface area contributed by atoms with E-state index in [1.165, 1.54) is 5.56 Å². The Bertz CT molecular complexity index is 847. The molecule has 0 spiro atoms. The number of ketones is 1. The molecule has 0 aliphatic carbocycles. The van der Waals surface area contributed by atoms with Crippen LogP contribution >= 0.6 is 0 Å². The average molecular weight is 407 g/mol. The number of Topliss-reactive ketones (excluding diaryl/α,β-unsaturated/α-hetero) is 1. The van der Waals surface area contributed by atoms with Gasteiger partial charge in [-0.15, -0.1) is 0 Å². The maximum absolute atomic E-state index is 13.4. The largest absolute Gasteiger partial charge is 0.396 e. The second-order valence-electron chi connectivity index (χ2n) is 8.57. The van der Waals surface area contributed by atoms with Gasteiger partial charge in [0, 0.05) is 50.8 Å². The molecule has 0 aromatic heterocycles. The van der Waals surface area contributed by atoms with Gasteiger partial charge in [0.15, 0.2) is 5.78 Å². The minimum Gasteiger partial charge on any atom is -0.396 e. The van der Waals surface area contributed by atoms with E-state index in [2.05, 4.69) is 17.0 Å². The van der Waals surface area contributed by atoms with Crippen LogP contribution in [0.4, 0.5) is 0 Å². The van der Waals surface area contributed by atoms with E-state index in [-0.39, 0.29) is 36.1 Å². The maximum atomic E-state index is 13.4. The number of carbonyl (C=O) groups is 2. The van der Waals surface area contributed by atoms with Crippen LogP contribution in [0.2, 0.25) is 0 Å². The molecular formula is C25H30N2O3. The van der Waals surface area contributed by atoms with Crippen molar-refractivity contribution in [1.29, 1.82) is 0 Å². The Hall–Kier alpha value is -2.50. The number of hydrogen-bond acceptors (Lipinski definition) is 4. The molecular weight excluding hydrogens is 376 g/mol. The molecule has 158 valence electrons. The van der Waals surface area contributed by atoms with Gasteiger partial charge in [0.2, 0.25) is 5.91 Å². The Kier molecular flexibility index (Phi) is 6.60. The molecule has 0 unspecified atom stereocenters. The molecule has 4 rings (SSSR count). The molecule has 1 amide bonds. The molecule has 2 aromatic rings. The number of likely N-dealkylation sites (tertiary alicyclic amines) is 2. The summed E-state index contributed by atoms with van der Waals surface area (Å²) in [5.74, 6) is -0.189. The van der Waals surface area contributed by atoms with E-state index in [1.807, 2.05) is 53.4 Å². The monoisotopic (exact) mass is 406 g/mol. The first kappa shape index (κ1) is 20.8. The third kappa shape index (κ3) is 4.63. The van der Waals surface area contributed by atoms with Crippen LogP contribution in [0.25, 0.3) is 0 Å². The number of aliphatic hydroxyl groups is 1. The van der Waals surface area contributed by atoms with Crippen molar-refractivity contribution in [3.63, 3.8) is 0 Å². The molecule has 30 heavy (non-hydrogen) atoms. The van der Waals surface area contributed by atoms with Crippen molar-refractivity contribution in [2.75, 3.05) is 32.8 Å². The molecule has 2 fully saturated rings. The van der Waals surface area contributed by atoms with Crippen LogP contribution in [-0.4, -0.2) is 59.4 Å². The van der Waals surface area contributed by atoms with Gasteiger partial charge in [-0.3, -0.25) is 14.5 Å². The quantitative estimate of drug-likeness (QED) is 0.750. The van der Waals surface area contributed by atoms with E-state index in [9.17, 15) is 14.7 Å². The Morgan fingerprint density at radius 3 is 2.10 bits per heavy atom. The first-order valence-electron chi connectivity index (χ1n) is 10.9. The molecule has 0 radical (unpaired) electrons. The number of nitrogens with zero attached hydrogens (tertiary/aromatic N) is 2. The third-order valence-corrected chi connectivity index (χ3v) is 6.54. The van der Waals surface area contributed by atoms with E-state index in [0.717, 1.165) is 19.4 Å².